The van der Waals surface area contributed by atoms with Gasteiger partial charge in [-0.2, -0.15) is 0 Å². The van der Waals surface area contributed by atoms with Gasteiger partial charge in [-0.1, -0.05) is 28.1 Å². The lowest BCUT2D eigenvalue weighted by Gasteiger charge is -2.20. The Bertz CT molecular complexity index is 549. The van der Waals surface area contributed by atoms with Crippen LogP contribution in [-0.2, 0) is 6.54 Å². The molecule has 2 heterocycles. The van der Waals surface area contributed by atoms with Crippen molar-refractivity contribution in [1.29, 1.82) is 0 Å². The number of rotatable bonds is 1. The molecule has 0 saturated heterocycles. The number of fused-ring (bicyclic) bond motifs is 1. The lowest BCUT2D eigenvalue weighted by molar-refractivity contribution is 0.454. The molecule has 1 aromatic heterocycles. The zero-order valence-electron chi connectivity index (χ0n) is 9.31. The largest absolute Gasteiger partial charge is 0.321 e. The first-order chi connectivity index (χ1) is 8.25. The quantitative estimate of drug-likeness (QED) is 0.879. The maximum Gasteiger partial charge on any atom is 0.164 e. The minimum atomic E-state index is 0.0251. The molecule has 0 saturated carbocycles. The Balaban J connectivity index is 2.10. The average molecular weight is 293 g/mol. The minimum Gasteiger partial charge on any atom is -0.321 e. The van der Waals surface area contributed by atoms with E-state index < -0.39 is 0 Å². The van der Waals surface area contributed by atoms with Crippen molar-refractivity contribution in [3.05, 3.63) is 34.6 Å². The van der Waals surface area contributed by atoms with Crippen molar-refractivity contribution in [2.75, 3.05) is 0 Å². The van der Waals surface area contributed by atoms with Crippen LogP contribution in [0.25, 0.3) is 11.4 Å². The van der Waals surface area contributed by atoms with Crippen molar-refractivity contribution in [3.8, 4) is 11.4 Å². The fraction of sp³-hybridized carbons (Fsp3) is 0.333. The van der Waals surface area contributed by atoms with Gasteiger partial charge in [0.1, 0.15) is 5.82 Å². The molecule has 88 valence electrons. The van der Waals surface area contributed by atoms with E-state index in [2.05, 4.69) is 36.8 Å². The molecule has 17 heavy (non-hydrogen) atoms. The molecule has 1 aliphatic rings. The molecule has 0 amide bonds. The second kappa shape index (κ2) is 4.23. The molecular weight excluding hydrogens is 280 g/mol. The first kappa shape index (κ1) is 10.9. The summed E-state index contributed by atoms with van der Waals surface area (Å²) in [5.74, 6) is 1.82. The third kappa shape index (κ3) is 1.89. The molecule has 0 spiro atoms. The average Bonchev–Trinajstić information content (AvgIpc) is 2.74. The van der Waals surface area contributed by atoms with Crippen LogP contribution >= 0.6 is 15.9 Å². The van der Waals surface area contributed by atoms with Crippen LogP contribution in [0, 0.1) is 0 Å². The minimum absolute atomic E-state index is 0.0251. The Hall–Kier alpha value is -1.20. The molecule has 0 radical (unpaired) electrons. The van der Waals surface area contributed by atoms with Crippen molar-refractivity contribution in [1.82, 2.24) is 14.8 Å². The standard InChI is InChI=1S/C12H13BrN4/c13-9-4-1-3-8(7-9)11-15-16-12-10(14)5-2-6-17(11)12/h1,3-4,7,10H,2,5-6,14H2. The molecule has 3 rings (SSSR count). The van der Waals surface area contributed by atoms with Crippen LogP contribution < -0.4 is 5.73 Å². The smallest absolute Gasteiger partial charge is 0.164 e. The molecule has 4 nitrogen and oxygen atoms in total. The van der Waals surface area contributed by atoms with Gasteiger partial charge in [0.05, 0.1) is 6.04 Å². The van der Waals surface area contributed by atoms with Crippen molar-refractivity contribution in [2.24, 2.45) is 5.73 Å². The number of hydrogen-bond acceptors (Lipinski definition) is 3. The van der Waals surface area contributed by atoms with Gasteiger partial charge in [-0.15, -0.1) is 10.2 Å². The monoisotopic (exact) mass is 292 g/mol. The van der Waals surface area contributed by atoms with Crippen LogP contribution in [0.2, 0.25) is 0 Å². The van der Waals surface area contributed by atoms with E-state index in [1.54, 1.807) is 0 Å². The molecule has 1 atom stereocenters. The van der Waals surface area contributed by atoms with Gasteiger partial charge >= 0.3 is 0 Å². The highest BCUT2D eigenvalue weighted by Gasteiger charge is 2.22. The van der Waals surface area contributed by atoms with Crippen molar-refractivity contribution in [2.45, 2.75) is 25.4 Å². The van der Waals surface area contributed by atoms with Crippen LogP contribution in [0.15, 0.2) is 28.7 Å². The normalized spacial score (nSPS) is 19.1. The summed E-state index contributed by atoms with van der Waals surface area (Å²) in [6.07, 6.45) is 2.09. The Labute approximate surface area is 108 Å². The molecule has 5 heteroatoms. The van der Waals surface area contributed by atoms with E-state index in [4.69, 9.17) is 5.73 Å². The van der Waals surface area contributed by atoms with E-state index in [0.717, 1.165) is 41.1 Å². The molecular formula is C12H13BrN4. The van der Waals surface area contributed by atoms with Gasteiger partial charge < -0.3 is 10.3 Å². The maximum atomic E-state index is 6.04. The summed E-state index contributed by atoms with van der Waals surface area (Å²) in [6, 6.07) is 8.13. The Kier molecular flexibility index (Phi) is 2.72. The van der Waals surface area contributed by atoms with E-state index in [1.807, 2.05) is 18.2 Å². The predicted octanol–water partition coefficient (Wildman–Crippen LogP) is 2.50. The highest BCUT2D eigenvalue weighted by molar-refractivity contribution is 9.10. The van der Waals surface area contributed by atoms with Gasteiger partial charge in [0.15, 0.2) is 5.82 Å². The summed E-state index contributed by atoms with van der Waals surface area (Å²) in [6.45, 7) is 0.956. The third-order valence-electron chi connectivity index (χ3n) is 3.09. The third-order valence-corrected chi connectivity index (χ3v) is 3.58. The first-order valence-electron chi connectivity index (χ1n) is 5.70. The summed E-state index contributed by atoms with van der Waals surface area (Å²) in [5, 5.41) is 8.49. The zero-order valence-corrected chi connectivity index (χ0v) is 10.9. The second-order valence-corrected chi connectivity index (χ2v) is 5.21. The summed E-state index contributed by atoms with van der Waals surface area (Å²) < 4.78 is 3.18. The van der Waals surface area contributed by atoms with Gasteiger partial charge in [0.2, 0.25) is 0 Å². The van der Waals surface area contributed by atoms with Gasteiger partial charge in [-0.3, -0.25) is 0 Å². The van der Waals surface area contributed by atoms with Crippen molar-refractivity contribution < 1.29 is 0 Å². The summed E-state index contributed by atoms with van der Waals surface area (Å²) in [7, 11) is 0. The lowest BCUT2D eigenvalue weighted by atomic mass is 10.1. The van der Waals surface area contributed by atoms with E-state index in [0.29, 0.717) is 0 Å². The maximum absolute atomic E-state index is 6.04. The molecule has 1 unspecified atom stereocenters. The molecule has 2 N–H and O–H groups in total. The fourth-order valence-corrected chi connectivity index (χ4v) is 2.65. The van der Waals surface area contributed by atoms with Crippen LogP contribution in [-0.4, -0.2) is 14.8 Å². The Morgan fingerprint density at radius 1 is 1.35 bits per heavy atom. The van der Waals surface area contributed by atoms with Crippen molar-refractivity contribution >= 4 is 15.9 Å². The number of hydrogen-bond donors (Lipinski definition) is 1. The lowest BCUT2D eigenvalue weighted by Crippen LogP contribution is -2.22. The Morgan fingerprint density at radius 2 is 2.24 bits per heavy atom. The SMILES string of the molecule is NC1CCCn2c(-c3cccc(Br)c3)nnc21. The number of nitrogens with two attached hydrogens (primary N) is 1. The summed E-state index contributed by atoms with van der Waals surface area (Å²) >= 11 is 3.47. The predicted molar refractivity (Wildman–Crippen MR) is 69.3 cm³/mol. The fourth-order valence-electron chi connectivity index (χ4n) is 2.25. The van der Waals surface area contributed by atoms with Crippen LogP contribution in [0.1, 0.15) is 24.7 Å². The zero-order chi connectivity index (χ0) is 11.8. The number of benzene rings is 1. The van der Waals surface area contributed by atoms with Gasteiger partial charge in [0.25, 0.3) is 0 Å². The molecule has 1 aliphatic heterocycles. The van der Waals surface area contributed by atoms with E-state index >= 15 is 0 Å². The summed E-state index contributed by atoms with van der Waals surface area (Å²) in [5.41, 5.74) is 7.11. The van der Waals surface area contributed by atoms with Gasteiger partial charge in [0, 0.05) is 16.6 Å². The number of halogens is 1. The summed E-state index contributed by atoms with van der Waals surface area (Å²) in [4.78, 5) is 0. The van der Waals surface area contributed by atoms with Crippen LogP contribution in [0.3, 0.4) is 0 Å². The second-order valence-electron chi connectivity index (χ2n) is 4.29. The van der Waals surface area contributed by atoms with Crippen LogP contribution in [0.4, 0.5) is 0 Å². The van der Waals surface area contributed by atoms with Crippen LogP contribution in [0.5, 0.6) is 0 Å². The van der Waals surface area contributed by atoms with Gasteiger partial charge in [-0.25, -0.2) is 0 Å². The van der Waals surface area contributed by atoms with E-state index in [1.165, 1.54) is 0 Å². The van der Waals surface area contributed by atoms with Gasteiger partial charge in [-0.05, 0) is 25.0 Å². The van der Waals surface area contributed by atoms with E-state index in [9.17, 15) is 0 Å². The first-order valence-corrected chi connectivity index (χ1v) is 6.49. The molecule has 0 aliphatic carbocycles. The van der Waals surface area contributed by atoms with E-state index in [-0.39, 0.29) is 6.04 Å². The topological polar surface area (TPSA) is 56.7 Å². The molecule has 0 fully saturated rings. The molecule has 2 aromatic rings. The van der Waals surface area contributed by atoms with Crippen molar-refractivity contribution in [3.63, 3.8) is 0 Å². The highest BCUT2D eigenvalue weighted by Crippen LogP contribution is 2.28. The number of aromatic nitrogens is 3. The Morgan fingerprint density at radius 3 is 3.06 bits per heavy atom. The highest BCUT2D eigenvalue weighted by atomic mass is 79.9. The molecule has 1 aromatic carbocycles. The number of nitrogens with zero attached hydrogens (tertiary/aromatic N) is 3. The molecule has 0 bridgehead atoms.